The van der Waals surface area contributed by atoms with Crippen molar-refractivity contribution in [1.29, 1.82) is 0 Å². The van der Waals surface area contributed by atoms with Crippen LogP contribution in [0.4, 0.5) is 0 Å². The second-order valence-electron chi connectivity index (χ2n) is 6.67. The molecule has 0 N–H and O–H groups in total. The Morgan fingerprint density at radius 1 is 0.656 bits per heavy atom. The van der Waals surface area contributed by atoms with Crippen LogP contribution >= 0.6 is 0 Å². The Kier molecular flexibility index (Phi) is 4.94. The van der Waals surface area contributed by atoms with Gasteiger partial charge in [0.15, 0.2) is 11.7 Å². The van der Waals surface area contributed by atoms with Gasteiger partial charge in [-0.1, -0.05) is 24.3 Å². The SMILES string of the molecule is CCOC1=NC2=NC(c3ccccc3OC)=NC3=NC(c4ccccc4OC)=NC(=N1)N23. The average Bonchev–Trinajstić information content (AvgIpc) is 2.83. The van der Waals surface area contributed by atoms with E-state index in [0.717, 1.165) is 0 Å². The third-order valence-electron chi connectivity index (χ3n) is 4.78. The summed E-state index contributed by atoms with van der Waals surface area (Å²) in [6.45, 7) is 2.26. The lowest BCUT2D eigenvalue weighted by molar-refractivity contribution is 0.321. The van der Waals surface area contributed by atoms with Crippen LogP contribution < -0.4 is 9.47 Å². The van der Waals surface area contributed by atoms with Crippen molar-refractivity contribution in [3.05, 3.63) is 59.7 Å². The minimum atomic E-state index is 0.170. The van der Waals surface area contributed by atoms with Gasteiger partial charge in [-0.2, -0.15) is 30.0 Å². The predicted molar refractivity (Wildman–Crippen MR) is 122 cm³/mol. The van der Waals surface area contributed by atoms with Gasteiger partial charge in [-0.25, -0.2) is 4.90 Å². The van der Waals surface area contributed by atoms with Gasteiger partial charge in [-0.3, -0.25) is 0 Å². The van der Waals surface area contributed by atoms with Crippen LogP contribution in [0, 0.1) is 0 Å². The Bertz CT molecular complexity index is 1230. The molecule has 0 fully saturated rings. The lowest BCUT2D eigenvalue weighted by Crippen LogP contribution is -2.48. The van der Waals surface area contributed by atoms with Gasteiger partial charge in [-0.05, 0) is 31.2 Å². The number of ether oxygens (including phenoxy) is 3. The molecule has 0 spiro atoms. The smallest absolute Gasteiger partial charge is 0.323 e. The number of guanidine groups is 3. The first-order chi connectivity index (χ1) is 15.7. The molecular formula is C22H19N7O3. The van der Waals surface area contributed by atoms with Gasteiger partial charge in [0.1, 0.15) is 11.5 Å². The van der Waals surface area contributed by atoms with E-state index in [-0.39, 0.29) is 6.02 Å². The van der Waals surface area contributed by atoms with Crippen molar-refractivity contribution >= 4 is 35.6 Å². The van der Waals surface area contributed by atoms with Crippen molar-refractivity contribution in [2.24, 2.45) is 30.0 Å². The number of rotatable bonds is 5. The molecular weight excluding hydrogens is 410 g/mol. The molecule has 0 unspecified atom stereocenters. The van der Waals surface area contributed by atoms with Crippen LogP contribution in [0.15, 0.2) is 78.5 Å². The van der Waals surface area contributed by atoms with Crippen LogP contribution in [-0.2, 0) is 4.74 Å². The van der Waals surface area contributed by atoms with Crippen LogP contribution in [0.2, 0.25) is 0 Å². The maximum Gasteiger partial charge on any atom is 0.323 e. The summed E-state index contributed by atoms with van der Waals surface area (Å²) in [5, 5.41) is 0. The Morgan fingerprint density at radius 3 is 1.69 bits per heavy atom. The molecule has 0 bridgehead atoms. The number of para-hydroxylation sites is 2. The van der Waals surface area contributed by atoms with Crippen molar-refractivity contribution in [2.45, 2.75) is 6.92 Å². The summed E-state index contributed by atoms with van der Waals surface area (Å²) in [5.41, 5.74) is 1.42. The van der Waals surface area contributed by atoms with E-state index in [1.807, 2.05) is 55.5 Å². The van der Waals surface area contributed by atoms with Gasteiger partial charge < -0.3 is 14.2 Å². The van der Waals surface area contributed by atoms with Crippen molar-refractivity contribution in [1.82, 2.24) is 4.90 Å². The van der Waals surface area contributed by atoms with Gasteiger partial charge in [-0.15, -0.1) is 0 Å². The van der Waals surface area contributed by atoms with E-state index in [4.69, 9.17) is 14.2 Å². The van der Waals surface area contributed by atoms with Crippen molar-refractivity contribution in [2.75, 3.05) is 20.8 Å². The van der Waals surface area contributed by atoms with E-state index in [1.165, 1.54) is 0 Å². The number of hydrogen-bond donors (Lipinski definition) is 0. The number of methoxy groups -OCH3 is 2. The molecule has 0 aromatic heterocycles. The zero-order valence-corrected chi connectivity index (χ0v) is 17.7. The topological polar surface area (TPSA) is 105 Å². The molecule has 10 nitrogen and oxygen atoms in total. The first-order valence-electron chi connectivity index (χ1n) is 9.93. The van der Waals surface area contributed by atoms with E-state index >= 15 is 0 Å². The third-order valence-corrected chi connectivity index (χ3v) is 4.78. The second-order valence-corrected chi connectivity index (χ2v) is 6.67. The molecule has 2 aromatic carbocycles. The Labute approximate surface area is 184 Å². The lowest BCUT2D eigenvalue weighted by atomic mass is 10.1. The van der Waals surface area contributed by atoms with E-state index in [2.05, 4.69) is 30.0 Å². The zero-order valence-electron chi connectivity index (χ0n) is 17.7. The quantitative estimate of drug-likeness (QED) is 0.729. The highest BCUT2D eigenvalue weighted by molar-refractivity contribution is 6.33. The number of benzene rings is 2. The lowest BCUT2D eigenvalue weighted by Gasteiger charge is -2.30. The molecule has 3 aliphatic rings. The van der Waals surface area contributed by atoms with Gasteiger partial charge in [0.05, 0.1) is 32.0 Å². The Morgan fingerprint density at radius 2 is 1.16 bits per heavy atom. The fourth-order valence-corrected chi connectivity index (χ4v) is 3.36. The maximum absolute atomic E-state index is 5.55. The molecule has 0 aliphatic carbocycles. The summed E-state index contributed by atoms with van der Waals surface area (Å²) in [6, 6.07) is 15.2. The van der Waals surface area contributed by atoms with E-state index < -0.39 is 0 Å². The molecule has 3 heterocycles. The average molecular weight is 429 g/mol. The molecule has 0 radical (unpaired) electrons. The van der Waals surface area contributed by atoms with Crippen LogP contribution in [0.5, 0.6) is 11.5 Å². The van der Waals surface area contributed by atoms with Crippen molar-refractivity contribution in [3.63, 3.8) is 0 Å². The largest absolute Gasteiger partial charge is 0.496 e. The fourth-order valence-electron chi connectivity index (χ4n) is 3.36. The summed E-state index contributed by atoms with van der Waals surface area (Å²) < 4.78 is 16.5. The fraction of sp³-hybridized carbons (Fsp3) is 0.182. The molecule has 0 amide bonds. The highest BCUT2D eigenvalue weighted by Crippen LogP contribution is 2.26. The standard InChI is InChI=1S/C22H19N7O3/c1-4-32-22-27-20-25-17(13-9-5-7-11-15(13)30-2)23-19-24-18(26-21(28-22)29(19)20)14-10-6-8-12-16(14)31-3/h5-12H,4H2,1-3H3. The summed E-state index contributed by atoms with van der Waals surface area (Å²) in [5.74, 6) is 3.07. The Balaban J connectivity index is 1.70. The molecule has 3 aliphatic heterocycles. The minimum absolute atomic E-state index is 0.170. The van der Waals surface area contributed by atoms with Crippen molar-refractivity contribution in [3.8, 4) is 11.5 Å². The van der Waals surface area contributed by atoms with Gasteiger partial charge in [0.2, 0.25) is 17.9 Å². The molecule has 10 heteroatoms. The first kappa shape index (κ1) is 19.6. The molecule has 0 saturated carbocycles. The highest BCUT2D eigenvalue weighted by Gasteiger charge is 2.36. The van der Waals surface area contributed by atoms with Crippen LogP contribution in [0.25, 0.3) is 0 Å². The number of hydrogen-bond acceptors (Lipinski definition) is 10. The highest BCUT2D eigenvalue weighted by atomic mass is 16.5. The number of amidine groups is 3. The summed E-state index contributed by atoms with van der Waals surface area (Å²) in [7, 11) is 3.20. The summed E-state index contributed by atoms with van der Waals surface area (Å²) in [4.78, 5) is 29.0. The molecule has 160 valence electrons. The van der Waals surface area contributed by atoms with Crippen LogP contribution in [-0.4, -0.2) is 61.3 Å². The van der Waals surface area contributed by atoms with Gasteiger partial charge in [0.25, 0.3) is 0 Å². The van der Waals surface area contributed by atoms with Crippen LogP contribution in [0.1, 0.15) is 18.1 Å². The normalized spacial score (nSPS) is 16.5. The summed E-state index contributed by atoms with van der Waals surface area (Å²) in [6.07, 6.45) is 0. The molecule has 0 atom stereocenters. The molecule has 5 rings (SSSR count). The van der Waals surface area contributed by atoms with Gasteiger partial charge >= 0.3 is 6.02 Å². The van der Waals surface area contributed by atoms with Crippen molar-refractivity contribution < 1.29 is 14.2 Å². The van der Waals surface area contributed by atoms with E-state index in [1.54, 1.807) is 19.1 Å². The first-order valence-corrected chi connectivity index (χ1v) is 9.93. The minimum Gasteiger partial charge on any atom is -0.496 e. The maximum atomic E-state index is 5.55. The second kappa shape index (κ2) is 8.06. The molecule has 32 heavy (non-hydrogen) atoms. The monoisotopic (exact) mass is 429 g/mol. The number of nitrogens with zero attached hydrogens (tertiary/aromatic N) is 7. The van der Waals surface area contributed by atoms with Crippen LogP contribution in [0.3, 0.4) is 0 Å². The molecule has 0 saturated heterocycles. The predicted octanol–water partition coefficient (Wildman–Crippen LogP) is 2.70. The van der Waals surface area contributed by atoms with E-state index in [0.29, 0.717) is 58.8 Å². The third kappa shape index (κ3) is 3.31. The van der Waals surface area contributed by atoms with Gasteiger partial charge in [0, 0.05) is 0 Å². The Hall–Kier alpha value is -4.34. The summed E-state index contributed by atoms with van der Waals surface area (Å²) >= 11 is 0. The molecule has 2 aromatic rings. The number of aliphatic imine (C=N–C) groups is 6. The zero-order chi connectivity index (χ0) is 22.1. The van der Waals surface area contributed by atoms with E-state index in [9.17, 15) is 0 Å².